The maximum Gasteiger partial charge on any atom is 0.142 e. The molecule has 0 rings (SSSR count). The Morgan fingerprint density at radius 2 is 1.82 bits per heavy atom. The van der Waals surface area contributed by atoms with Crippen molar-refractivity contribution in [1.82, 2.24) is 0 Å². The van der Waals surface area contributed by atoms with Gasteiger partial charge in [0.1, 0.15) is 6.29 Å². The van der Waals surface area contributed by atoms with Crippen LogP contribution in [0.25, 0.3) is 0 Å². The molecule has 0 bridgehead atoms. The fourth-order valence-electron chi connectivity index (χ4n) is 0.960. The summed E-state index contributed by atoms with van der Waals surface area (Å²) in [5.41, 5.74) is 2.49. The molecule has 0 aliphatic carbocycles. The number of aliphatic hydroxyl groups excluding tert-OH is 1. The smallest absolute Gasteiger partial charge is 0.142 e. The van der Waals surface area contributed by atoms with E-state index in [1.54, 1.807) is 12.2 Å². The van der Waals surface area contributed by atoms with Crippen molar-refractivity contribution in [3.63, 3.8) is 0 Å². The molecule has 0 aromatic heterocycles. The first-order valence-electron chi connectivity index (χ1n) is 5.99. The minimum atomic E-state index is 0.468. The summed E-state index contributed by atoms with van der Waals surface area (Å²) in [6, 6.07) is 0. The number of carbonyl (C=O) groups excluding carboxylic acids is 1. The molecule has 0 aromatic carbocycles. The lowest BCUT2D eigenvalue weighted by molar-refractivity contribution is -0.104. The SMILES string of the molecule is CC(C)/C=C/O.CC(C)=CCC/C(C)=C/C=O. The van der Waals surface area contributed by atoms with Gasteiger partial charge < -0.3 is 5.11 Å². The number of hydrogen-bond acceptors (Lipinski definition) is 2. The molecule has 0 unspecified atom stereocenters. The molecule has 0 aliphatic heterocycles. The van der Waals surface area contributed by atoms with Crippen LogP contribution in [-0.2, 0) is 4.79 Å². The van der Waals surface area contributed by atoms with Gasteiger partial charge in [0.25, 0.3) is 0 Å². The lowest BCUT2D eigenvalue weighted by Gasteiger charge is -1.94. The van der Waals surface area contributed by atoms with Gasteiger partial charge in [0.05, 0.1) is 6.26 Å². The topological polar surface area (TPSA) is 37.3 Å². The second-order valence-corrected chi connectivity index (χ2v) is 4.55. The standard InChI is InChI=1S/C10H16O.C5H10O/c1-9(2)5-4-6-10(3)7-8-11;1-5(2)3-4-6/h5,7-8H,4,6H2,1-3H3;3-6H,1-2H3/b10-7+;4-3+. The van der Waals surface area contributed by atoms with Crippen molar-refractivity contribution in [1.29, 1.82) is 0 Å². The fraction of sp³-hybridized carbons (Fsp3) is 0.533. The fourth-order valence-corrected chi connectivity index (χ4v) is 0.960. The average molecular weight is 238 g/mol. The number of aliphatic hydroxyl groups is 1. The van der Waals surface area contributed by atoms with Crippen LogP contribution in [-0.4, -0.2) is 11.4 Å². The van der Waals surface area contributed by atoms with Crippen LogP contribution in [0.4, 0.5) is 0 Å². The third kappa shape index (κ3) is 20.7. The minimum Gasteiger partial charge on any atom is -0.516 e. The molecular weight excluding hydrogens is 212 g/mol. The maximum atomic E-state index is 10.0. The van der Waals surface area contributed by atoms with Crippen LogP contribution in [0.3, 0.4) is 0 Å². The average Bonchev–Trinajstić information content (AvgIpc) is 2.18. The lowest BCUT2D eigenvalue weighted by atomic mass is 10.1. The highest BCUT2D eigenvalue weighted by atomic mass is 16.2. The molecule has 2 nitrogen and oxygen atoms in total. The van der Waals surface area contributed by atoms with Crippen LogP contribution in [0.15, 0.2) is 35.6 Å². The van der Waals surface area contributed by atoms with Crippen molar-refractivity contribution in [3.8, 4) is 0 Å². The van der Waals surface area contributed by atoms with Gasteiger partial charge in [-0.05, 0) is 51.7 Å². The molecule has 17 heavy (non-hydrogen) atoms. The molecule has 0 saturated carbocycles. The first kappa shape index (κ1) is 18.1. The van der Waals surface area contributed by atoms with Crippen molar-refractivity contribution < 1.29 is 9.90 Å². The highest BCUT2D eigenvalue weighted by Gasteiger charge is 1.86. The van der Waals surface area contributed by atoms with E-state index >= 15 is 0 Å². The number of aldehydes is 1. The van der Waals surface area contributed by atoms with E-state index in [-0.39, 0.29) is 0 Å². The van der Waals surface area contributed by atoms with Crippen molar-refractivity contribution >= 4 is 6.29 Å². The highest BCUT2D eigenvalue weighted by Crippen LogP contribution is 2.05. The van der Waals surface area contributed by atoms with Gasteiger partial charge in [0.2, 0.25) is 0 Å². The quantitative estimate of drug-likeness (QED) is 0.329. The Morgan fingerprint density at radius 1 is 1.24 bits per heavy atom. The zero-order valence-electron chi connectivity index (χ0n) is 11.7. The van der Waals surface area contributed by atoms with Gasteiger partial charge in [0, 0.05) is 0 Å². The second kappa shape index (κ2) is 12.8. The molecule has 0 saturated heterocycles. The number of hydrogen-bond donors (Lipinski definition) is 1. The first-order chi connectivity index (χ1) is 7.93. The highest BCUT2D eigenvalue weighted by molar-refractivity contribution is 5.65. The summed E-state index contributed by atoms with van der Waals surface area (Å²) in [4.78, 5) is 10.0. The summed E-state index contributed by atoms with van der Waals surface area (Å²) < 4.78 is 0. The predicted molar refractivity (Wildman–Crippen MR) is 75.1 cm³/mol. The predicted octanol–water partition coefficient (Wildman–Crippen LogP) is 4.59. The first-order valence-corrected chi connectivity index (χ1v) is 5.99. The molecule has 2 heteroatoms. The normalized spacial score (nSPS) is 11.1. The molecule has 1 N–H and O–H groups in total. The summed E-state index contributed by atoms with van der Waals surface area (Å²) >= 11 is 0. The Morgan fingerprint density at radius 3 is 2.12 bits per heavy atom. The summed E-state index contributed by atoms with van der Waals surface area (Å²) in [5, 5.41) is 8.06. The van der Waals surface area contributed by atoms with E-state index < -0.39 is 0 Å². The molecule has 98 valence electrons. The van der Waals surface area contributed by atoms with Crippen molar-refractivity contribution in [2.45, 2.75) is 47.5 Å². The van der Waals surface area contributed by atoms with Crippen LogP contribution in [0.2, 0.25) is 0 Å². The van der Waals surface area contributed by atoms with E-state index in [1.807, 2.05) is 20.8 Å². The Hall–Kier alpha value is -1.31. The molecular formula is C15H26O2. The molecule has 0 atom stereocenters. The van der Waals surface area contributed by atoms with E-state index in [2.05, 4.69) is 19.9 Å². The van der Waals surface area contributed by atoms with Crippen molar-refractivity contribution in [2.75, 3.05) is 0 Å². The van der Waals surface area contributed by atoms with Crippen LogP contribution >= 0.6 is 0 Å². The molecule has 0 heterocycles. The van der Waals surface area contributed by atoms with Gasteiger partial charge in [-0.1, -0.05) is 31.1 Å². The summed E-state index contributed by atoms with van der Waals surface area (Å²) in [6.45, 7) is 10.2. The molecule has 0 fully saturated rings. The minimum absolute atomic E-state index is 0.468. The van der Waals surface area contributed by atoms with Crippen molar-refractivity contribution in [3.05, 3.63) is 35.6 Å². The van der Waals surface area contributed by atoms with Crippen LogP contribution in [0.5, 0.6) is 0 Å². The van der Waals surface area contributed by atoms with Gasteiger partial charge >= 0.3 is 0 Å². The van der Waals surface area contributed by atoms with Gasteiger partial charge in [-0.15, -0.1) is 0 Å². The van der Waals surface area contributed by atoms with Gasteiger partial charge in [-0.3, -0.25) is 4.79 Å². The zero-order valence-corrected chi connectivity index (χ0v) is 11.7. The van der Waals surface area contributed by atoms with Crippen LogP contribution < -0.4 is 0 Å². The summed E-state index contributed by atoms with van der Waals surface area (Å²) in [7, 11) is 0. The number of allylic oxidation sites excluding steroid dienone is 5. The van der Waals surface area contributed by atoms with Crippen LogP contribution in [0, 0.1) is 5.92 Å². The third-order valence-corrected chi connectivity index (χ3v) is 1.91. The van der Waals surface area contributed by atoms with E-state index in [1.165, 1.54) is 5.57 Å². The van der Waals surface area contributed by atoms with E-state index in [0.717, 1.165) is 31.0 Å². The van der Waals surface area contributed by atoms with E-state index in [4.69, 9.17) is 5.11 Å². The van der Waals surface area contributed by atoms with Crippen LogP contribution in [0.1, 0.15) is 47.5 Å². The molecule has 0 spiro atoms. The zero-order chi connectivity index (χ0) is 13.7. The Kier molecular flexibility index (Phi) is 13.6. The third-order valence-electron chi connectivity index (χ3n) is 1.91. The van der Waals surface area contributed by atoms with E-state index in [9.17, 15) is 4.79 Å². The lowest BCUT2D eigenvalue weighted by Crippen LogP contribution is -1.77. The Bertz CT molecular complexity index is 267. The Labute approximate surface area is 106 Å². The largest absolute Gasteiger partial charge is 0.516 e. The van der Waals surface area contributed by atoms with Gasteiger partial charge in [-0.2, -0.15) is 0 Å². The molecule has 0 aromatic rings. The van der Waals surface area contributed by atoms with Gasteiger partial charge in [0.15, 0.2) is 0 Å². The molecule has 0 aliphatic rings. The maximum absolute atomic E-state index is 10.0. The van der Waals surface area contributed by atoms with Crippen molar-refractivity contribution in [2.24, 2.45) is 5.92 Å². The Balaban J connectivity index is 0. The summed E-state index contributed by atoms with van der Waals surface area (Å²) in [5.74, 6) is 0.468. The molecule has 0 radical (unpaired) electrons. The van der Waals surface area contributed by atoms with Gasteiger partial charge in [-0.25, -0.2) is 0 Å². The van der Waals surface area contributed by atoms with E-state index in [0.29, 0.717) is 5.92 Å². The molecule has 0 amide bonds. The second-order valence-electron chi connectivity index (χ2n) is 4.55. The summed E-state index contributed by atoms with van der Waals surface area (Å²) in [6.07, 6.45) is 9.48. The number of carbonyl (C=O) groups is 1. The monoisotopic (exact) mass is 238 g/mol. The number of rotatable bonds is 5.